The third-order valence-electron chi connectivity index (χ3n) is 3.15. The van der Waals surface area contributed by atoms with Crippen molar-refractivity contribution in [3.05, 3.63) is 28.3 Å². The molecule has 0 spiro atoms. The lowest BCUT2D eigenvalue weighted by Gasteiger charge is -2.17. The van der Waals surface area contributed by atoms with Gasteiger partial charge < -0.3 is 9.84 Å². The lowest BCUT2D eigenvalue weighted by molar-refractivity contribution is -0.140. The number of carbonyl (C=O) groups is 1. The molecule has 1 aliphatic carbocycles. The van der Waals surface area contributed by atoms with Crippen molar-refractivity contribution >= 4 is 17.6 Å². The van der Waals surface area contributed by atoms with Gasteiger partial charge in [-0.25, -0.2) is 0 Å². The molecule has 2 rings (SSSR count). The Hall–Kier alpha value is -1.22. The molecule has 86 valence electrons. The maximum absolute atomic E-state index is 11.3. The van der Waals surface area contributed by atoms with Gasteiger partial charge in [0.2, 0.25) is 0 Å². The van der Waals surface area contributed by atoms with Crippen molar-refractivity contribution in [3.63, 3.8) is 0 Å². The summed E-state index contributed by atoms with van der Waals surface area (Å²) in [7, 11) is 1.53. The molecule has 0 aromatic heterocycles. The van der Waals surface area contributed by atoms with E-state index in [2.05, 4.69) is 0 Å². The minimum atomic E-state index is -0.825. The van der Waals surface area contributed by atoms with E-state index in [4.69, 9.17) is 16.3 Å². The van der Waals surface area contributed by atoms with E-state index in [1.807, 2.05) is 13.0 Å². The van der Waals surface area contributed by atoms with Gasteiger partial charge in [-0.15, -0.1) is 0 Å². The second kappa shape index (κ2) is 3.67. The molecule has 1 saturated carbocycles. The largest absolute Gasteiger partial charge is 0.496 e. The average Bonchev–Trinajstić information content (AvgIpc) is 3.03. The van der Waals surface area contributed by atoms with Crippen LogP contribution in [0.3, 0.4) is 0 Å². The van der Waals surface area contributed by atoms with Gasteiger partial charge in [-0.3, -0.25) is 4.79 Å². The third-order valence-corrected chi connectivity index (χ3v) is 3.64. The first-order valence-corrected chi connectivity index (χ1v) is 5.47. The summed E-state index contributed by atoms with van der Waals surface area (Å²) in [6.45, 7) is 1.86. The summed E-state index contributed by atoms with van der Waals surface area (Å²) in [5, 5.41) is 9.79. The molecular weight excluding hydrogens is 228 g/mol. The number of aryl methyl sites for hydroxylation is 1. The van der Waals surface area contributed by atoms with Gasteiger partial charge in [-0.2, -0.15) is 0 Å². The zero-order chi connectivity index (χ0) is 11.9. The second-order valence-corrected chi connectivity index (χ2v) is 4.54. The van der Waals surface area contributed by atoms with Crippen LogP contribution in [0.15, 0.2) is 12.1 Å². The van der Waals surface area contributed by atoms with Crippen LogP contribution >= 0.6 is 11.6 Å². The topological polar surface area (TPSA) is 46.5 Å². The molecule has 16 heavy (non-hydrogen) atoms. The Kier molecular flexibility index (Phi) is 2.58. The zero-order valence-corrected chi connectivity index (χ0v) is 9.97. The van der Waals surface area contributed by atoms with Gasteiger partial charge in [-0.05, 0) is 31.4 Å². The van der Waals surface area contributed by atoms with E-state index in [0.29, 0.717) is 29.2 Å². The Morgan fingerprint density at radius 3 is 2.56 bits per heavy atom. The number of rotatable bonds is 3. The van der Waals surface area contributed by atoms with Crippen LogP contribution in [0.2, 0.25) is 5.02 Å². The molecule has 0 saturated heterocycles. The summed E-state index contributed by atoms with van der Waals surface area (Å²) in [4.78, 5) is 11.3. The summed E-state index contributed by atoms with van der Waals surface area (Å²) in [5.74, 6) is -0.256. The molecule has 1 N–H and O–H groups in total. The molecule has 0 aliphatic heterocycles. The van der Waals surface area contributed by atoms with Gasteiger partial charge in [0.15, 0.2) is 0 Å². The zero-order valence-electron chi connectivity index (χ0n) is 9.21. The maximum atomic E-state index is 11.3. The maximum Gasteiger partial charge on any atom is 0.314 e. The smallest absolute Gasteiger partial charge is 0.314 e. The number of carboxylic acid groups (broad SMARTS) is 1. The first-order chi connectivity index (χ1) is 7.53. The van der Waals surface area contributed by atoms with Crippen LogP contribution in [0.5, 0.6) is 5.75 Å². The molecule has 0 unspecified atom stereocenters. The number of ether oxygens (including phenoxy) is 1. The molecule has 1 aromatic carbocycles. The SMILES string of the molecule is COc1ccc(C)c(Cl)c1C1(C(=O)O)CC1. The molecule has 1 aromatic rings. The highest BCUT2D eigenvalue weighted by Crippen LogP contribution is 2.54. The third kappa shape index (κ3) is 1.47. The quantitative estimate of drug-likeness (QED) is 0.884. The fourth-order valence-electron chi connectivity index (χ4n) is 1.97. The second-order valence-electron chi connectivity index (χ2n) is 4.16. The summed E-state index contributed by atoms with van der Waals surface area (Å²) in [6, 6.07) is 3.61. The minimum Gasteiger partial charge on any atom is -0.496 e. The van der Waals surface area contributed by atoms with Crippen LogP contribution in [-0.2, 0) is 10.2 Å². The normalized spacial score (nSPS) is 16.9. The molecule has 4 heteroatoms. The molecule has 0 atom stereocenters. The van der Waals surface area contributed by atoms with E-state index in [9.17, 15) is 9.90 Å². The first kappa shape index (κ1) is 11.3. The van der Waals surface area contributed by atoms with Crippen molar-refractivity contribution in [2.24, 2.45) is 0 Å². The fraction of sp³-hybridized carbons (Fsp3) is 0.417. The number of hydrogen-bond acceptors (Lipinski definition) is 2. The Labute approximate surface area is 99.0 Å². The molecule has 1 fully saturated rings. The molecule has 0 radical (unpaired) electrons. The fourth-order valence-corrected chi connectivity index (χ4v) is 2.31. The van der Waals surface area contributed by atoms with Crippen LogP contribution in [0.1, 0.15) is 24.0 Å². The predicted octanol–water partition coefficient (Wildman–Crippen LogP) is 2.77. The molecular formula is C12H13ClO3. The van der Waals surface area contributed by atoms with E-state index in [-0.39, 0.29) is 0 Å². The summed E-state index contributed by atoms with van der Waals surface area (Å²) >= 11 is 6.20. The van der Waals surface area contributed by atoms with E-state index >= 15 is 0 Å². The Morgan fingerprint density at radius 2 is 2.12 bits per heavy atom. The molecule has 3 nitrogen and oxygen atoms in total. The highest BCUT2D eigenvalue weighted by atomic mass is 35.5. The van der Waals surface area contributed by atoms with E-state index in [0.717, 1.165) is 5.56 Å². The Balaban J connectivity index is 2.63. The average molecular weight is 241 g/mol. The number of carboxylic acids is 1. The molecule has 0 heterocycles. The van der Waals surface area contributed by atoms with Crippen LogP contribution in [0.25, 0.3) is 0 Å². The lowest BCUT2D eigenvalue weighted by atomic mass is 9.93. The number of benzene rings is 1. The van der Waals surface area contributed by atoms with Gasteiger partial charge >= 0.3 is 5.97 Å². The summed E-state index contributed by atoms with van der Waals surface area (Å²) < 4.78 is 5.21. The highest BCUT2D eigenvalue weighted by Gasteiger charge is 2.54. The van der Waals surface area contributed by atoms with Gasteiger partial charge in [0, 0.05) is 5.56 Å². The number of aliphatic carboxylic acids is 1. The predicted molar refractivity (Wildman–Crippen MR) is 61.3 cm³/mol. The van der Waals surface area contributed by atoms with Crippen LogP contribution < -0.4 is 4.74 Å². The summed E-state index contributed by atoms with van der Waals surface area (Å²) in [5.41, 5.74) is 0.684. The Bertz CT molecular complexity index is 450. The van der Waals surface area contributed by atoms with Crippen LogP contribution in [0.4, 0.5) is 0 Å². The van der Waals surface area contributed by atoms with Gasteiger partial charge in [0.25, 0.3) is 0 Å². The van der Waals surface area contributed by atoms with Gasteiger partial charge in [0.1, 0.15) is 5.75 Å². The van der Waals surface area contributed by atoms with E-state index in [1.165, 1.54) is 7.11 Å². The summed E-state index contributed by atoms with van der Waals surface area (Å²) in [6.07, 6.45) is 1.25. The van der Waals surface area contributed by atoms with Crippen LogP contribution in [0, 0.1) is 6.92 Å². The van der Waals surface area contributed by atoms with E-state index < -0.39 is 11.4 Å². The number of halogens is 1. The molecule has 1 aliphatic rings. The van der Waals surface area contributed by atoms with Crippen LogP contribution in [-0.4, -0.2) is 18.2 Å². The van der Waals surface area contributed by atoms with Crippen molar-refractivity contribution in [3.8, 4) is 5.75 Å². The number of methoxy groups -OCH3 is 1. The van der Waals surface area contributed by atoms with Crippen molar-refractivity contribution < 1.29 is 14.6 Å². The molecule has 0 bridgehead atoms. The standard InChI is InChI=1S/C12H13ClO3/c1-7-3-4-8(16-2)9(10(7)13)12(5-6-12)11(14)15/h3-4H,5-6H2,1-2H3,(H,14,15). The van der Waals surface area contributed by atoms with Crippen molar-refractivity contribution in [1.29, 1.82) is 0 Å². The first-order valence-electron chi connectivity index (χ1n) is 5.10. The monoisotopic (exact) mass is 240 g/mol. The van der Waals surface area contributed by atoms with E-state index in [1.54, 1.807) is 6.07 Å². The van der Waals surface area contributed by atoms with Crippen molar-refractivity contribution in [2.45, 2.75) is 25.2 Å². The lowest BCUT2D eigenvalue weighted by Crippen LogP contribution is -2.21. The number of hydrogen-bond donors (Lipinski definition) is 1. The van der Waals surface area contributed by atoms with Gasteiger partial charge in [0.05, 0.1) is 17.5 Å². The minimum absolute atomic E-state index is 0.513. The van der Waals surface area contributed by atoms with Gasteiger partial charge in [-0.1, -0.05) is 17.7 Å². The highest BCUT2D eigenvalue weighted by molar-refractivity contribution is 6.32. The Morgan fingerprint density at radius 1 is 1.50 bits per heavy atom. The molecule has 0 amide bonds. The van der Waals surface area contributed by atoms with Crippen molar-refractivity contribution in [1.82, 2.24) is 0 Å². The van der Waals surface area contributed by atoms with Crippen molar-refractivity contribution in [2.75, 3.05) is 7.11 Å².